The normalized spacial score (nSPS) is 11.1. The Balaban J connectivity index is 1.94. The Morgan fingerprint density at radius 3 is 2.46 bits per heavy atom. The Labute approximate surface area is 152 Å². The number of carbonyl (C=O) groups is 2. The molecule has 0 aliphatic rings. The van der Waals surface area contributed by atoms with Crippen molar-refractivity contribution in [2.24, 2.45) is 0 Å². The third-order valence-electron chi connectivity index (χ3n) is 3.34. The summed E-state index contributed by atoms with van der Waals surface area (Å²) < 4.78 is 37.5. The molecule has 138 valence electrons. The van der Waals surface area contributed by atoms with Gasteiger partial charge in [0.2, 0.25) is 11.8 Å². The maximum atomic E-state index is 12.5. The molecule has 0 saturated carbocycles. The molecule has 0 atom stereocenters. The number of benzene rings is 1. The quantitative estimate of drug-likeness (QED) is 0.752. The third-order valence-corrected chi connectivity index (χ3v) is 4.28. The molecule has 0 radical (unpaired) electrons. The molecule has 0 unspecified atom stereocenters. The van der Waals surface area contributed by atoms with Crippen LogP contribution < -0.4 is 10.6 Å². The maximum Gasteiger partial charge on any atom is 0.417 e. The molecule has 0 bridgehead atoms. The largest absolute Gasteiger partial charge is 0.417 e. The summed E-state index contributed by atoms with van der Waals surface area (Å²) in [7, 11) is 1.53. The number of thioether (sulfide) groups is 1. The van der Waals surface area contributed by atoms with Gasteiger partial charge in [-0.1, -0.05) is 30.0 Å². The van der Waals surface area contributed by atoms with E-state index >= 15 is 0 Å². The lowest BCUT2D eigenvalue weighted by molar-refractivity contribution is -0.137. The molecular formula is C17H16F3N3O2S. The topological polar surface area (TPSA) is 71.1 Å². The van der Waals surface area contributed by atoms with Crippen LogP contribution in [0.25, 0.3) is 0 Å². The van der Waals surface area contributed by atoms with E-state index in [1.165, 1.54) is 13.1 Å². The van der Waals surface area contributed by atoms with Gasteiger partial charge in [-0.25, -0.2) is 4.98 Å². The van der Waals surface area contributed by atoms with E-state index in [0.29, 0.717) is 16.3 Å². The van der Waals surface area contributed by atoms with E-state index in [1.54, 1.807) is 24.3 Å². The van der Waals surface area contributed by atoms with E-state index in [1.807, 2.05) is 0 Å². The van der Waals surface area contributed by atoms with E-state index in [4.69, 9.17) is 0 Å². The van der Waals surface area contributed by atoms with Crippen molar-refractivity contribution >= 4 is 29.3 Å². The summed E-state index contributed by atoms with van der Waals surface area (Å²) in [6.07, 6.45) is -3.58. The van der Waals surface area contributed by atoms with Crippen molar-refractivity contribution in [1.82, 2.24) is 10.3 Å². The number of likely N-dealkylation sites (N-methyl/N-ethyl adjacent to an activating group) is 1. The van der Waals surface area contributed by atoms with E-state index in [-0.39, 0.29) is 24.0 Å². The van der Waals surface area contributed by atoms with E-state index in [9.17, 15) is 22.8 Å². The van der Waals surface area contributed by atoms with Crippen LogP contribution in [0, 0.1) is 0 Å². The first-order chi connectivity index (χ1) is 12.3. The number of rotatable bonds is 6. The zero-order valence-electron chi connectivity index (χ0n) is 13.8. The van der Waals surface area contributed by atoms with Gasteiger partial charge in [0.25, 0.3) is 0 Å². The van der Waals surface area contributed by atoms with Crippen molar-refractivity contribution in [3.63, 3.8) is 0 Å². The Bertz CT molecular complexity index is 780. The number of pyridine rings is 1. The summed E-state index contributed by atoms with van der Waals surface area (Å²) in [5.41, 5.74) is 0.342. The number of nitrogens with zero attached hydrogens (tertiary/aromatic N) is 1. The van der Waals surface area contributed by atoms with Gasteiger partial charge in [-0.15, -0.1) is 0 Å². The highest BCUT2D eigenvalue weighted by Crippen LogP contribution is 2.29. The summed E-state index contributed by atoms with van der Waals surface area (Å²) >= 11 is 1.02. The number of alkyl halides is 3. The van der Waals surface area contributed by atoms with Crippen molar-refractivity contribution in [3.8, 4) is 0 Å². The Morgan fingerprint density at radius 1 is 1.12 bits per heavy atom. The van der Waals surface area contributed by atoms with Crippen LogP contribution in [0.4, 0.5) is 18.9 Å². The summed E-state index contributed by atoms with van der Waals surface area (Å²) in [5, 5.41) is 5.52. The summed E-state index contributed by atoms with van der Waals surface area (Å²) in [6, 6.07) is 9.04. The van der Waals surface area contributed by atoms with Crippen LogP contribution in [-0.4, -0.2) is 29.6 Å². The molecule has 5 nitrogen and oxygen atoms in total. The van der Waals surface area contributed by atoms with Crippen LogP contribution >= 0.6 is 11.8 Å². The minimum absolute atomic E-state index is 0.0212. The van der Waals surface area contributed by atoms with Crippen molar-refractivity contribution in [3.05, 3.63) is 53.7 Å². The van der Waals surface area contributed by atoms with Crippen LogP contribution in [0.3, 0.4) is 0 Å². The van der Waals surface area contributed by atoms with Crippen LogP contribution in [0.5, 0.6) is 0 Å². The van der Waals surface area contributed by atoms with Crippen molar-refractivity contribution in [2.75, 3.05) is 18.1 Å². The minimum Gasteiger partial charge on any atom is -0.359 e. The molecule has 0 spiro atoms. The van der Waals surface area contributed by atoms with Crippen LogP contribution in [0.2, 0.25) is 0 Å². The van der Waals surface area contributed by atoms with Crippen LogP contribution in [-0.2, 0) is 22.2 Å². The molecular weight excluding hydrogens is 367 g/mol. The van der Waals surface area contributed by atoms with Gasteiger partial charge >= 0.3 is 6.18 Å². The number of carbonyl (C=O) groups excluding carboxylic acids is 2. The lowest BCUT2D eigenvalue weighted by Gasteiger charge is -2.10. The predicted octanol–water partition coefficient (Wildman–Crippen LogP) is 3.12. The van der Waals surface area contributed by atoms with Gasteiger partial charge in [-0.05, 0) is 23.8 Å². The Hall–Kier alpha value is -2.55. The fourth-order valence-corrected chi connectivity index (χ4v) is 2.66. The number of hydrogen-bond acceptors (Lipinski definition) is 4. The second kappa shape index (κ2) is 8.70. The Kier molecular flexibility index (Phi) is 6.62. The van der Waals surface area contributed by atoms with Crippen molar-refractivity contribution in [1.29, 1.82) is 0 Å². The zero-order valence-corrected chi connectivity index (χ0v) is 14.6. The lowest BCUT2D eigenvalue weighted by Crippen LogP contribution is -2.21. The zero-order chi connectivity index (χ0) is 19.2. The van der Waals surface area contributed by atoms with Gasteiger partial charge < -0.3 is 10.6 Å². The maximum absolute atomic E-state index is 12.5. The van der Waals surface area contributed by atoms with E-state index < -0.39 is 11.7 Å². The lowest BCUT2D eigenvalue weighted by atomic mass is 10.1. The van der Waals surface area contributed by atoms with E-state index in [0.717, 1.165) is 24.0 Å². The molecule has 0 aliphatic carbocycles. The molecule has 2 rings (SSSR count). The number of aromatic nitrogens is 1. The van der Waals surface area contributed by atoms with Crippen molar-refractivity contribution < 1.29 is 22.8 Å². The predicted molar refractivity (Wildman–Crippen MR) is 92.8 cm³/mol. The van der Waals surface area contributed by atoms with Crippen molar-refractivity contribution in [2.45, 2.75) is 17.6 Å². The standard InChI is InChI=1S/C17H16F3N3O2S/c1-21-14(24)8-11-4-2-3-5-13(11)23-15(25)10-26-16-7-6-12(9-22-16)17(18,19)20/h2-7,9H,8,10H2,1H3,(H,21,24)(H,23,25). The first kappa shape index (κ1) is 19.8. The van der Waals surface area contributed by atoms with Crippen LogP contribution in [0.1, 0.15) is 11.1 Å². The summed E-state index contributed by atoms with van der Waals surface area (Å²) in [5.74, 6) is -0.553. The number of anilines is 1. The summed E-state index contributed by atoms with van der Waals surface area (Å²) in [6.45, 7) is 0. The first-order valence-electron chi connectivity index (χ1n) is 7.54. The smallest absolute Gasteiger partial charge is 0.359 e. The molecule has 0 aliphatic heterocycles. The highest BCUT2D eigenvalue weighted by atomic mass is 32.2. The van der Waals surface area contributed by atoms with Gasteiger partial charge in [0.05, 0.1) is 22.8 Å². The average molecular weight is 383 g/mol. The van der Waals surface area contributed by atoms with Gasteiger partial charge in [-0.3, -0.25) is 9.59 Å². The summed E-state index contributed by atoms with van der Waals surface area (Å²) in [4.78, 5) is 27.3. The molecule has 1 heterocycles. The highest BCUT2D eigenvalue weighted by Gasteiger charge is 2.30. The second-order valence-corrected chi connectivity index (χ2v) is 6.22. The molecule has 0 saturated heterocycles. The fourth-order valence-electron chi connectivity index (χ4n) is 2.02. The van der Waals surface area contributed by atoms with Gasteiger partial charge in [0, 0.05) is 18.9 Å². The first-order valence-corrected chi connectivity index (χ1v) is 8.52. The number of amides is 2. The SMILES string of the molecule is CNC(=O)Cc1ccccc1NC(=O)CSc1ccc(C(F)(F)F)cn1. The fraction of sp³-hybridized carbons (Fsp3) is 0.235. The number of para-hydroxylation sites is 1. The van der Waals surface area contributed by atoms with E-state index in [2.05, 4.69) is 15.6 Å². The third kappa shape index (κ3) is 5.76. The molecule has 9 heteroatoms. The molecule has 0 fully saturated rings. The molecule has 2 N–H and O–H groups in total. The number of halogens is 3. The molecule has 2 amide bonds. The van der Waals surface area contributed by atoms with Gasteiger partial charge in [0.1, 0.15) is 0 Å². The van der Waals surface area contributed by atoms with Crippen LogP contribution in [0.15, 0.2) is 47.6 Å². The molecule has 1 aromatic carbocycles. The number of nitrogens with one attached hydrogen (secondary N) is 2. The number of hydrogen-bond donors (Lipinski definition) is 2. The molecule has 26 heavy (non-hydrogen) atoms. The molecule has 1 aromatic heterocycles. The monoisotopic (exact) mass is 383 g/mol. The highest BCUT2D eigenvalue weighted by molar-refractivity contribution is 7.99. The second-order valence-electron chi connectivity index (χ2n) is 5.23. The van der Waals surface area contributed by atoms with Gasteiger partial charge in [-0.2, -0.15) is 13.2 Å². The molecule has 2 aromatic rings. The Morgan fingerprint density at radius 2 is 1.85 bits per heavy atom. The minimum atomic E-state index is -4.44. The van der Waals surface area contributed by atoms with Gasteiger partial charge in [0.15, 0.2) is 0 Å². The average Bonchev–Trinajstić information content (AvgIpc) is 2.61.